The molecule has 2 N–H and O–H groups in total. The highest BCUT2D eigenvalue weighted by Crippen LogP contribution is 2.27. The van der Waals surface area contributed by atoms with Gasteiger partial charge >= 0.3 is 0 Å². The number of aromatic nitrogens is 1. The average molecular weight is 295 g/mol. The highest BCUT2D eigenvalue weighted by molar-refractivity contribution is 5.55. The predicted octanol–water partition coefficient (Wildman–Crippen LogP) is 3.09. The summed E-state index contributed by atoms with van der Waals surface area (Å²) in [6.07, 6.45) is 1.03. The van der Waals surface area contributed by atoms with E-state index in [1.54, 1.807) is 7.11 Å². The van der Waals surface area contributed by atoms with E-state index < -0.39 is 0 Å². The smallest absolute Gasteiger partial charge is 0.239 e. The number of hydrogen-bond acceptors (Lipinski definition) is 5. The molecule has 0 bridgehead atoms. The molecule has 1 unspecified atom stereocenters. The first kappa shape index (κ1) is 17.6. The van der Waals surface area contributed by atoms with Crippen molar-refractivity contribution >= 4 is 11.5 Å². The fraction of sp³-hybridized carbons (Fsp3) is 0.688. The molecule has 1 aromatic rings. The highest BCUT2D eigenvalue weighted by Gasteiger charge is 2.19. The lowest BCUT2D eigenvalue weighted by Crippen LogP contribution is -2.36. The third-order valence-corrected chi connectivity index (χ3v) is 3.23. The minimum Gasteiger partial charge on any atom is -0.470 e. The summed E-state index contributed by atoms with van der Waals surface area (Å²) in [5.41, 5.74) is 6.21. The molecule has 1 rings (SSSR count). The van der Waals surface area contributed by atoms with Crippen LogP contribution in [0.5, 0.6) is 5.88 Å². The standard InChI is InChI=1S/C16H29N3O2/c1-7-12(2)19(10-11-20-6)14-9-8-13(17)15(18-14)21-16(3,4)5/h8-9,12H,7,10-11,17H2,1-6H3. The predicted molar refractivity (Wildman–Crippen MR) is 88.0 cm³/mol. The van der Waals surface area contributed by atoms with Gasteiger partial charge in [-0.1, -0.05) is 6.92 Å². The number of anilines is 2. The molecular weight excluding hydrogens is 266 g/mol. The van der Waals surface area contributed by atoms with Crippen molar-refractivity contribution in [3.63, 3.8) is 0 Å². The summed E-state index contributed by atoms with van der Waals surface area (Å²) >= 11 is 0. The maximum Gasteiger partial charge on any atom is 0.239 e. The molecule has 1 heterocycles. The van der Waals surface area contributed by atoms with Gasteiger partial charge < -0.3 is 20.1 Å². The average Bonchev–Trinajstić information content (AvgIpc) is 2.40. The number of hydrogen-bond donors (Lipinski definition) is 1. The zero-order valence-electron chi connectivity index (χ0n) is 14.1. The van der Waals surface area contributed by atoms with E-state index in [1.165, 1.54) is 0 Å². The SMILES string of the molecule is CCC(C)N(CCOC)c1ccc(N)c(OC(C)(C)C)n1. The molecule has 0 saturated heterocycles. The normalized spacial score (nSPS) is 13.0. The molecular formula is C16H29N3O2. The Bertz CT molecular complexity index is 444. The summed E-state index contributed by atoms with van der Waals surface area (Å²) in [6, 6.07) is 4.16. The first-order valence-corrected chi connectivity index (χ1v) is 7.49. The van der Waals surface area contributed by atoms with Crippen molar-refractivity contribution in [3.8, 4) is 5.88 Å². The number of pyridine rings is 1. The number of methoxy groups -OCH3 is 1. The van der Waals surface area contributed by atoms with Crippen LogP contribution in [0, 0.1) is 0 Å². The largest absolute Gasteiger partial charge is 0.470 e. The Balaban J connectivity index is 3.05. The summed E-state index contributed by atoms with van der Waals surface area (Å²) in [7, 11) is 1.71. The van der Waals surface area contributed by atoms with Gasteiger partial charge in [0.25, 0.3) is 0 Å². The van der Waals surface area contributed by atoms with Gasteiger partial charge in [-0.3, -0.25) is 0 Å². The van der Waals surface area contributed by atoms with Crippen molar-refractivity contribution in [3.05, 3.63) is 12.1 Å². The van der Waals surface area contributed by atoms with E-state index in [0.29, 0.717) is 24.2 Å². The maximum atomic E-state index is 5.97. The Kier molecular flexibility index (Phi) is 6.27. The van der Waals surface area contributed by atoms with Gasteiger partial charge in [-0.15, -0.1) is 0 Å². The number of rotatable bonds is 7. The molecule has 1 aromatic heterocycles. The fourth-order valence-corrected chi connectivity index (χ4v) is 1.94. The van der Waals surface area contributed by atoms with Gasteiger partial charge in [-0.25, -0.2) is 0 Å². The van der Waals surface area contributed by atoms with Crippen LogP contribution in [0.4, 0.5) is 11.5 Å². The molecule has 0 amide bonds. The Morgan fingerprint density at radius 1 is 1.33 bits per heavy atom. The molecule has 1 atom stereocenters. The second kappa shape index (κ2) is 7.50. The topological polar surface area (TPSA) is 60.6 Å². The molecule has 0 spiro atoms. The fourth-order valence-electron chi connectivity index (χ4n) is 1.94. The molecule has 0 aromatic carbocycles. The van der Waals surface area contributed by atoms with E-state index in [9.17, 15) is 0 Å². The van der Waals surface area contributed by atoms with Crippen molar-refractivity contribution in [2.45, 2.75) is 52.7 Å². The van der Waals surface area contributed by atoms with Gasteiger partial charge in [0.2, 0.25) is 5.88 Å². The van der Waals surface area contributed by atoms with Crippen LogP contribution >= 0.6 is 0 Å². The van der Waals surface area contributed by atoms with Crippen LogP contribution in [-0.2, 0) is 4.74 Å². The lowest BCUT2D eigenvalue weighted by atomic mass is 10.2. The molecule has 21 heavy (non-hydrogen) atoms. The molecule has 0 aliphatic heterocycles. The summed E-state index contributed by atoms with van der Waals surface area (Å²) in [4.78, 5) is 6.82. The number of nitrogens with zero attached hydrogens (tertiary/aromatic N) is 2. The van der Waals surface area contributed by atoms with Gasteiger partial charge in [0, 0.05) is 19.7 Å². The van der Waals surface area contributed by atoms with Crippen LogP contribution in [0.1, 0.15) is 41.0 Å². The quantitative estimate of drug-likeness (QED) is 0.837. The summed E-state index contributed by atoms with van der Waals surface area (Å²) < 4.78 is 11.0. The van der Waals surface area contributed by atoms with Crippen LogP contribution in [0.25, 0.3) is 0 Å². The Labute approximate surface area is 128 Å². The van der Waals surface area contributed by atoms with Crippen LogP contribution in [0.15, 0.2) is 12.1 Å². The number of nitrogen functional groups attached to an aromatic ring is 1. The van der Waals surface area contributed by atoms with Crippen molar-refractivity contribution in [1.82, 2.24) is 4.98 Å². The second-order valence-electron chi connectivity index (χ2n) is 6.22. The molecule has 0 radical (unpaired) electrons. The molecule has 5 nitrogen and oxygen atoms in total. The van der Waals surface area contributed by atoms with E-state index >= 15 is 0 Å². The third-order valence-electron chi connectivity index (χ3n) is 3.23. The lowest BCUT2D eigenvalue weighted by Gasteiger charge is -2.30. The zero-order chi connectivity index (χ0) is 16.0. The minimum atomic E-state index is -0.326. The maximum absolute atomic E-state index is 5.97. The number of ether oxygens (including phenoxy) is 2. The first-order valence-electron chi connectivity index (χ1n) is 7.49. The molecule has 120 valence electrons. The van der Waals surface area contributed by atoms with E-state index in [0.717, 1.165) is 18.8 Å². The molecule has 0 aliphatic carbocycles. The van der Waals surface area contributed by atoms with Crippen molar-refractivity contribution < 1.29 is 9.47 Å². The Morgan fingerprint density at radius 3 is 2.52 bits per heavy atom. The second-order valence-corrected chi connectivity index (χ2v) is 6.22. The van der Waals surface area contributed by atoms with E-state index in [2.05, 4.69) is 23.7 Å². The van der Waals surface area contributed by atoms with Crippen LogP contribution in [-0.4, -0.2) is 36.9 Å². The van der Waals surface area contributed by atoms with Crippen molar-refractivity contribution in [2.24, 2.45) is 0 Å². The van der Waals surface area contributed by atoms with Gasteiger partial charge in [-0.05, 0) is 46.2 Å². The van der Waals surface area contributed by atoms with E-state index in [1.807, 2.05) is 32.9 Å². The lowest BCUT2D eigenvalue weighted by molar-refractivity contribution is 0.125. The third kappa shape index (κ3) is 5.42. The van der Waals surface area contributed by atoms with Crippen molar-refractivity contribution in [1.29, 1.82) is 0 Å². The Morgan fingerprint density at radius 2 is 2.00 bits per heavy atom. The summed E-state index contributed by atoms with van der Waals surface area (Å²) in [5, 5.41) is 0. The zero-order valence-corrected chi connectivity index (χ0v) is 14.1. The van der Waals surface area contributed by atoms with Gasteiger partial charge in [0.15, 0.2) is 0 Å². The molecule has 0 aliphatic rings. The molecule has 0 saturated carbocycles. The van der Waals surface area contributed by atoms with Gasteiger partial charge in [-0.2, -0.15) is 4.98 Å². The summed E-state index contributed by atoms with van der Waals surface area (Å²) in [6.45, 7) is 11.7. The molecule has 0 fully saturated rings. The van der Waals surface area contributed by atoms with Crippen LogP contribution < -0.4 is 15.4 Å². The summed E-state index contributed by atoms with van der Waals surface area (Å²) in [5.74, 6) is 1.36. The van der Waals surface area contributed by atoms with E-state index in [-0.39, 0.29) is 5.60 Å². The van der Waals surface area contributed by atoms with Crippen LogP contribution in [0.3, 0.4) is 0 Å². The number of nitrogens with two attached hydrogens (primary N) is 1. The van der Waals surface area contributed by atoms with E-state index in [4.69, 9.17) is 15.2 Å². The minimum absolute atomic E-state index is 0.326. The first-order chi connectivity index (χ1) is 9.78. The van der Waals surface area contributed by atoms with Crippen molar-refractivity contribution in [2.75, 3.05) is 30.9 Å². The highest BCUT2D eigenvalue weighted by atomic mass is 16.5. The van der Waals surface area contributed by atoms with Crippen LogP contribution in [0.2, 0.25) is 0 Å². The van der Waals surface area contributed by atoms with Gasteiger partial charge in [0.1, 0.15) is 11.4 Å². The van der Waals surface area contributed by atoms with Gasteiger partial charge in [0.05, 0.1) is 12.3 Å². The Hall–Kier alpha value is -1.49. The molecule has 5 heteroatoms. The monoisotopic (exact) mass is 295 g/mol.